The maximum absolute atomic E-state index is 12.5. The molecule has 1 atom stereocenters. The summed E-state index contributed by atoms with van der Waals surface area (Å²) in [5.41, 5.74) is 5.67. The Balaban J connectivity index is 2.37. The predicted molar refractivity (Wildman–Crippen MR) is 71.9 cm³/mol. The molecular formula is C13H15N3O3S. The fourth-order valence-electron chi connectivity index (χ4n) is 2.31. The summed E-state index contributed by atoms with van der Waals surface area (Å²) in [7, 11) is -3.76. The molecule has 0 spiro atoms. The van der Waals surface area contributed by atoms with Crippen LogP contribution in [0.25, 0.3) is 0 Å². The first kappa shape index (κ1) is 14.5. The van der Waals surface area contributed by atoms with Crippen molar-refractivity contribution in [2.75, 3.05) is 6.54 Å². The number of primary amides is 1. The molecule has 0 unspecified atom stereocenters. The standard InChI is InChI=1S/C13H15N3O3S/c14-9-10-4-6-11(7-5-10)20(18,19)16-8-2-1-3-12(16)13(15)17/h4-7,12H,1-3,8H2,(H2,15,17)/t12-/m1/s1. The number of carbonyl (C=O) groups excluding carboxylic acids is 1. The van der Waals surface area contributed by atoms with Gasteiger partial charge in [-0.2, -0.15) is 9.57 Å². The van der Waals surface area contributed by atoms with Gasteiger partial charge in [0.1, 0.15) is 6.04 Å². The van der Waals surface area contributed by atoms with Crippen LogP contribution in [0.15, 0.2) is 29.2 Å². The Bertz CT molecular complexity index is 646. The Hall–Kier alpha value is -1.91. The van der Waals surface area contributed by atoms with Gasteiger partial charge in [0.25, 0.3) is 0 Å². The highest BCUT2D eigenvalue weighted by Gasteiger charge is 2.36. The van der Waals surface area contributed by atoms with Crippen LogP contribution in [-0.4, -0.2) is 31.2 Å². The first-order valence-electron chi connectivity index (χ1n) is 6.28. The van der Waals surface area contributed by atoms with Gasteiger partial charge in [-0.1, -0.05) is 6.42 Å². The third-order valence-corrected chi connectivity index (χ3v) is 5.29. The van der Waals surface area contributed by atoms with Crippen molar-refractivity contribution < 1.29 is 13.2 Å². The summed E-state index contributed by atoms with van der Waals surface area (Å²) >= 11 is 0. The number of piperidine rings is 1. The number of hydrogen-bond acceptors (Lipinski definition) is 4. The molecule has 0 saturated carbocycles. The van der Waals surface area contributed by atoms with Crippen LogP contribution >= 0.6 is 0 Å². The molecule has 1 heterocycles. The molecule has 106 valence electrons. The molecule has 1 fully saturated rings. The fourth-order valence-corrected chi connectivity index (χ4v) is 3.98. The van der Waals surface area contributed by atoms with Gasteiger partial charge in [-0.15, -0.1) is 0 Å². The van der Waals surface area contributed by atoms with Crippen LogP contribution in [0.1, 0.15) is 24.8 Å². The third-order valence-electron chi connectivity index (χ3n) is 3.37. The van der Waals surface area contributed by atoms with Gasteiger partial charge >= 0.3 is 0 Å². The number of nitrogens with zero attached hydrogens (tertiary/aromatic N) is 2. The highest BCUT2D eigenvalue weighted by molar-refractivity contribution is 7.89. The zero-order chi connectivity index (χ0) is 14.8. The molecule has 2 N–H and O–H groups in total. The van der Waals surface area contributed by atoms with E-state index in [0.29, 0.717) is 18.4 Å². The molecule has 7 heteroatoms. The van der Waals surface area contributed by atoms with Crippen molar-refractivity contribution in [1.29, 1.82) is 5.26 Å². The van der Waals surface area contributed by atoms with Crippen LogP contribution < -0.4 is 5.73 Å². The zero-order valence-corrected chi connectivity index (χ0v) is 11.6. The minimum Gasteiger partial charge on any atom is -0.368 e. The number of sulfonamides is 1. The average molecular weight is 293 g/mol. The largest absolute Gasteiger partial charge is 0.368 e. The maximum Gasteiger partial charge on any atom is 0.243 e. The predicted octanol–water partition coefficient (Wildman–Crippen LogP) is 0.587. The highest BCUT2D eigenvalue weighted by Crippen LogP contribution is 2.25. The molecule has 1 aliphatic rings. The molecule has 20 heavy (non-hydrogen) atoms. The van der Waals surface area contributed by atoms with Crippen molar-refractivity contribution in [2.24, 2.45) is 5.73 Å². The first-order valence-corrected chi connectivity index (χ1v) is 7.72. The SMILES string of the molecule is N#Cc1ccc(S(=O)(=O)N2CCCC[C@@H]2C(N)=O)cc1. The second-order valence-corrected chi connectivity index (χ2v) is 6.56. The van der Waals surface area contributed by atoms with Crippen LogP contribution in [-0.2, 0) is 14.8 Å². The average Bonchev–Trinajstić information content (AvgIpc) is 2.47. The van der Waals surface area contributed by atoms with E-state index >= 15 is 0 Å². The summed E-state index contributed by atoms with van der Waals surface area (Å²) in [5.74, 6) is -0.623. The van der Waals surface area contributed by atoms with Crippen molar-refractivity contribution in [3.63, 3.8) is 0 Å². The van der Waals surface area contributed by atoms with Gasteiger partial charge in [0.2, 0.25) is 15.9 Å². The molecule has 1 aromatic carbocycles. The number of nitrogens with two attached hydrogens (primary N) is 1. The van der Waals surface area contributed by atoms with Crippen LogP contribution in [0.4, 0.5) is 0 Å². The second kappa shape index (κ2) is 5.61. The Morgan fingerprint density at radius 2 is 1.95 bits per heavy atom. The van der Waals surface area contributed by atoms with Gasteiger partial charge in [-0.25, -0.2) is 8.42 Å². The smallest absolute Gasteiger partial charge is 0.243 e. The van der Waals surface area contributed by atoms with Gasteiger partial charge in [-0.05, 0) is 37.1 Å². The van der Waals surface area contributed by atoms with Gasteiger partial charge in [0.15, 0.2) is 0 Å². The quantitative estimate of drug-likeness (QED) is 0.880. The maximum atomic E-state index is 12.5. The van der Waals surface area contributed by atoms with E-state index in [2.05, 4.69) is 0 Å². The van der Waals surface area contributed by atoms with E-state index in [1.54, 1.807) is 0 Å². The Morgan fingerprint density at radius 3 is 2.50 bits per heavy atom. The molecule has 0 aliphatic carbocycles. The minimum absolute atomic E-state index is 0.0737. The van der Waals surface area contributed by atoms with Gasteiger partial charge in [0.05, 0.1) is 16.5 Å². The summed E-state index contributed by atoms with van der Waals surface area (Å²) < 4.78 is 26.2. The monoisotopic (exact) mass is 293 g/mol. The topological polar surface area (TPSA) is 104 Å². The molecule has 6 nitrogen and oxygen atoms in total. The van der Waals surface area contributed by atoms with Crippen LogP contribution in [0, 0.1) is 11.3 Å². The Labute approximate surface area is 117 Å². The molecule has 0 aromatic heterocycles. The molecule has 2 rings (SSSR count). The molecule has 1 aromatic rings. The van der Waals surface area contributed by atoms with Crippen LogP contribution in [0.5, 0.6) is 0 Å². The molecule has 0 bridgehead atoms. The van der Waals surface area contributed by atoms with Crippen molar-refractivity contribution in [3.05, 3.63) is 29.8 Å². The second-order valence-electron chi connectivity index (χ2n) is 4.67. The third kappa shape index (κ3) is 2.66. The van der Waals surface area contributed by atoms with E-state index in [9.17, 15) is 13.2 Å². The lowest BCUT2D eigenvalue weighted by Crippen LogP contribution is -2.50. The number of amides is 1. The fraction of sp³-hybridized carbons (Fsp3) is 0.385. The summed E-state index contributed by atoms with van der Waals surface area (Å²) in [6.07, 6.45) is 1.94. The zero-order valence-electron chi connectivity index (χ0n) is 10.8. The molecule has 1 saturated heterocycles. The van der Waals surface area contributed by atoms with Crippen LogP contribution in [0.2, 0.25) is 0 Å². The molecular weight excluding hydrogens is 278 g/mol. The number of hydrogen-bond donors (Lipinski definition) is 1. The van der Waals surface area contributed by atoms with Crippen molar-refractivity contribution in [2.45, 2.75) is 30.2 Å². The highest BCUT2D eigenvalue weighted by atomic mass is 32.2. The van der Waals surface area contributed by atoms with Gasteiger partial charge in [-0.3, -0.25) is 4.79 Å². The Kier molecular flexibility index (Phi) is 4.06. The molecule has 1 aliphatic heterocycles. The van der Waals surface area contributed by atoms with E-state index in [1.807, 2.05) is 6.07 Å². The van der Waals surface area contributed by atoms with Gasteiger partial charge in [0, 0.05) is 6.54 Å². The number of nitriles is 1. The Morgan fingerprint density at radius 1 is 1.30 bits per heavy atom. The van der Waals surface area contributed by atoms with Crippen LogP contribution in [0.3, 0.4) is 0 Å². The number of carbonyl (C=O) groups is 1. The lowest BCUT2D eigenvalue weighted by Gasteiger charge is -2.32. The normalized spacial score (nSPS) is 20.2. The lowest BCUT2D eigenvalue weighted by molar-refractivity contribution is -0.122. The van der Waals surface area contributed by atoms with Crippen molar-refractivity contribution >= 4 is 15.9 Å². The molecule has 0 radical (unpaired) electrons. The van der Waals surface area contributed by atoms with E-state index in [0.717, 1.165) is 6.42 Å². The first-order chi connectivity index (χ1) is 9.46. The van der Waals surface area contributed by atoms with E-state index < -0.39 is 22.0 Å². The minimum atomic E-state index is -3.76. The van der Waals surface area contributed by atoms with Crippen molar-refractivity contribution in [3.8, 4) is 6.07 Å². The number of benzene rings is 1. The molecule has 1 amide bonds. The van der Waals surface area contributed by atoms with E-state index in [1.165, 1.54) is 28.6 Å². The van der Waals surface area contributed by atoms with Gasteiger partial charge < -0.3 is 5.73 Å². The summed E-state index contributed by atoms with van der Waals surface area (Å²) in [4.78, 5) is 11.5. The van der Waals surface area contributed by atoms with E-state index in [-0.39, 0.29) is 11.4 Å². The summed E-state index contributed by atoms with van der Waals surface area (Å²) in [6.45, 7) is 0.288. The summed E-state index contributed by atoms with van der Waals surface area (Å²) in [5, 5.41) is 8.72. The van der Waals surface area contributed by atoms with E-state index in [4.69, 9.17) is 11.0 Å². The lowest BCUT2D eigenvalue weighted by atomic mass is 10.0. The summed E-state index contributed by atoms with van der Waals surface area (Å²) in [6, 6.07) is 6.77. The van der Waals surface area contributed by atoms with Crippen molar-refractivity contribution in [1.82, 2.24) is 4.31 Å². The number of rotatable bonds is 3.